The summed E-state index contributed by atoms with van der Waals surface area (Å²) < 4.78 is 5.82. The first-order chi connectivity index (χ1) is 9.22. The molecule has 0 fully saturated rings. The lowest BCUT2D eigenvalue weighted by Gasteiger charge is -2.22. The molecule has 0 amide bonds. The first-order valence-corrected chi connectivity index (χ1v) is 6.23. The van der Waals surface area contributed by atoms with Gasteiger partial charge in [0.15, 0.2) is 0 Å². The van der Waals surface area contributed by atoms with Crippen LogP contribution in [0.15, 0.2) is 52.4 Å². The molecule has 96 valence electrons. The van der Waals surface area contributed by atoms with Crippen LogP contribution in [-0.4, -0.2) is 23.6 Å². The molecule has 19 heavy (non-hydrogen) atoms. The number of amidine groups is 1. The summed E-state index contributed by atoms with van der Waals surface area (Å²) in [7, 11) is 0. The van der Waals surface area contributed by atoms with Gasteiger partial charge in [0.2, 0.25) is 5.88 Å². The number of fused-ring (bicyclic) bond motifs is 1. The molecular formula is C15H15N3O. The summed E-state index contributed by atoms with van der Waals surface area (Å²) >= 11 is 0. The van der Waals surface area contributed by atoms with E-state index in [0.29, 0.717) is 12.4 Å². The summed E-state index contributed by atoms with van der Waals surface area (Å²) in [5, 5.41) is 0. The smallest absolute Gasteiger partial charge is 0.224 e. The van der Waals surface area contributed by atoms with E-state index < -0.39 is 0 Å². The molecule has 2 heterocycles. The molecule has 3 rings (SSSR count). The van der Waals surface area contributed by atoms with Crippen LogP contribution in [0.1, 0.15) is 11.1 Å². The molecule has 0 unspecified atom stereocenters. The Morgan fingerprint density at radius 3 is 3.00 bits per heavy atom. The second-order valence-electron chi connectivity index (χ2n) is 4.59. The Morgan fingerprint density at radius 2 is 2.16 bits per heavy atom. The Hall–Kier alpha value is -2.36. The fourth-order valence-electron chi connectivity index (χ4n) is 2.03. The number of nitrogens with zero attached hydrogens (tertiary/aromatic N) is 3. The van der Waals surface area contributed by atoms with Gasteiger partial charge in [0.05, 0.1) is 6.54 Å². The zero-order chi connectivity index (χ0) is 13.2. The predicted molar refractivity (Wildman–Crippen MR) is 76.4 cm³/mol. The third-order valence-electron chi connectivity index (χ3n) is 3.00. The van der Waals surface area contributed by atoms with E-state index in [1.807, 2.05) is 42.3 Å². The molecule has 0 spiro atoms. The van der Waals surface area contributed by atoms with E-state index in [2.05, 4.69) is 23.0 Å². The fraction of sp³-hybridized carbons (Fsp3) is 0.200. The van der Waals surface area contributed by atoms with Gasteiger partial charge in [-0.1, -0.05) is 17.7 Å². The van der Waals surface area contributed by atoms with E-state index in [-0.39, 0.29) is 0 Å². The van der Waals surface area contributed by atoms with Gasteiger partial charge in [-0.2, -0.15) is 0 Å². The normalized spacial score (nSPS) is 16.8. The van der Waals surface area contributed by atoms with Gasteiger partial charge in [0.1, 0.15) is 17.9 Å². The maximum absolute atomic E-state index is 5.82. The van der Waals surface area contributed by atoms with E-state index in [1.165, 1.54) is 5.56 Å². The van der Waals surface area contributed by atoms with Gasteiger partial charge >= 0.3 is 0 Å². The van der Waals surface area contributed by atoms with Crippen molar-refractivity contribution in [1.29, 1.82) is 0 Å². The number of benzene rings is 1. The van der Waals surface area contributed by atoms with Gasteiger partial charge in [0, 0.05) is 12.3 Å². The lowest BCUT2D eigenvalue weighted by Crippen LogP contribution is -2.28. The molecule has 0 N–H and O–H groups in total. The van der Waals surface area contributed by atoms with Crippen LogP contribution in [0.2, 0.25) is 0 Å². The Balaban J connectivity index is 1.83. The van der Waals surface area contributed by atoms with Crippen LogP contribution in [0.25, 0.3) is 0 Å². The van der Waals surface area contributed by atoms with Crippen molar-refractivity contribution in [3.05, 3.63) is 53.6 Å². The summed E-state index contributed by atoms with van der Waals surface area (Å²) in [5.41, 5.74) is 2.32. The molecule has 2 aliphatic rings. The van der Waals surface area contributed by atoms with Gasteiger partial charge < -0.3 is 4.74 Å². The van der Waals surface area contributed by atoms with Crippen LogP contribution in [0.5, 0.6) is 5.75 Å². The minimum atomic E-state index is 0.567. The van der Waals surface area contributed by atoms with Crippen LogP contribution < -0.4 is 4.74 Å². The van der Waals surface area contributed by atoms with Crippen molar-refractivity contribution in [2.75, 3.05) is 6.54 Å². The van der Waals surface area contributed by atoms with Crippen LogP contribution in [0, 0.1) is 13.8 Å². The van der Waals surface area contributed by atoms with Gasteiger partial charge in [0.25, 0.3) is 0 Å². The Bertz CT molecular complexity index is 626. The predicted octanol–water partition coefficient (Wildman–Crippen LogP) is 2.79. The van der Waals surface area contributed by atoms with Crippen molar-refractivity contribution in [1.82, 2.24) is 4.90 Å². The number of ether oxygens (including phenoxy) is 1. The highest BCUT2D eigenvalue weighted by Crippen LogP contribution is 2.22. The molecule has 1 aromatic carbocycles. The van der Waals surface area contributed by atoms with E-state index in [1.54, 1.807) is 6.34 Å². The largest absolute Gasteiger partial charge is 0.439 e. The van der Waals surface area contributed by atoms with E-state index in [0.717, 1.165) is 17.1 Å². The third kappa shape index (κ3) is 2.42. The van der Waals surface area contributed by atoms with E-state index >= 15 is 0 Å². The molecule has 0 bridgehead atoms. The summed E-state index contributed by atoms with van der Waals surface area (Å²) in [5.74, 6) is 2.25. The molecule has 0 aliphatic carbocycles. The van der Waals surface area contributed by atoms with Crippen molar-refractivity contribution in [3.8, 4) is 5.75 Å². The zero-order valence-electron chi connectivity index (χ0n) is 11.0. The first-order valence-electron chi connectivity index (χ1n) is 6.23. The molecule has 0 radical (unpaired) electrons. The van der Waals surface area contributed by atoms with Gasteiger partial charge in [-0.3, -0.25) is 9.89 Å². The van der Waals surface area contributed by atoms with Crippen molar-refractivity contribution in [2.24, 2.45) is 9.98 Å². The number of hydrogen-bond acceptors (Lipinski definition) is 4. The van der Waals surface area contributed by atoms with Crippen molar-refractivity contribution >= 4 is 12.2 Å². The minimum absolute atomic E-state index is 0.567. The fourth-order valence-corrected chi connectivity index (χ4v) is 2.03. The molecule has 0 aromatic heterocycles. The minimum Gasteiger partial charge on any atom is -0.439 e. The van der Waals surface area contributed by atoms with Crippen LogP contribution in [0.3, 0.4) is 0 Å². The second kappa shape index (κ2) is 4.72. The molecule has 0 saturated carbocycles. The molecule has 4 heteroatoms. The average Bonchev–Trinajstić information content (AvgIpc) is 2.42. The standard InChI is InChI=1S/C15H15N3O/c1-11-4-5-13(12(2)8-11)19-15-9-14-16-6-3-7-18(14)10-17-15/h3-5,7-10H,6H2,1-2H3. The van der Waals surface area contributed by atoms with Crippen molar-refractivity contribution in [2.45, 2.75) is 13.8 Å². The molecule has 4 nitrogen and oxygen atoms in total. The molecule has 1 aromatic rings. The highest BCUT2D eigenvalue weighted by Gasteiger charge is 2.14. The first kappa shape index (κ1) is 11.7. The van der Waals surface area contributed by atoms with E-state index in [9.17, 15) is 0 Å². The maximum Gasteiger partial charge on any atom is 0.224 e. The van der Waals surface area contributed by atoms with Crippen molar-refractivity contribution < 1.29 is 4.74 Å². The monoisotopic (exact) mass is 253 g/mol. The zero-order valence-corrected chi connectivity index (χ0v) is 11.0. The Morgan fingerprint density at radius 1 is 1.26 bits per heavy atom. The average molecular weight is 253 g/mol. The van der Waals surface area contributed by atoms with Crippen LogP contribution in [-0.2, 0) is 0 Å². The van der Waals surface area contributed by atoms with Gasteiger partial charge in [-0.05, 0) is 31.6 Å². The lowest BCUT2D eigenvalue weighted by atomic mass is 10.1. The SMILES string of the molecule is Cc1ccc(OC2=CC3=NCC=CN3C=N2)c(C)c1. The Kier molecular flexibility index (Phi) is 2.91. The highest BCUT2D eigenvalue weighted by atomic mass is 16.5. The Labute approximate surface area is 112 Å². The molecule has 0 saturated heterocycles. The highest BCUT2D eigenvalue weighted by molar-refractivity contribution is 6.03. The number of aliphatic imine (C=N–C) groups is 2. The number of aryl methyl sites for hydroxylation is 2. The number of hydrogen-bond donors (Lipinski definition) is 0. The van der Waals surface area contributed by atoms with Gasteiger partial charge in [-0.25, -0.2) is 4.99 Å². The topological polar surface area (TPSA) is 37.2 Å². The molecule has 0 atom stereocenters. The van der Waals surface area contributed by atoms with Crippen molar-refractivity contribution in [3.63, 3.8) is 0 Å². The van der Waals surface area contributed by atoms with Crippen LogP contribution in [0.4, 0.5) is 0 Å². The van der Waals surface area contributed by atoms with Gasteiger partial charge in [-0.15, -0.1) is 0 Å². The second-order valence-corrected chi connectivity index (χ2v) is 4.59. The summed E-state index contributed by atoms with van der Waals surface area (Å²) in [4.78, 5) is 10.5. The van der Waals surface area contributed by atoms with E-state index in [4.69, 9.17) is 4.74 Å². The van der Waals surface area contributed by atoms with Crippen LogP contribution >= 0.6 is 0 Å². The third-order valence-corrected chi connectivity index (χ3v) is 3.00. The summed E-state index contributed by atoms with van der Waals surface area (Å²) in [6.45, 7) is 4.80. The number of rotatable bonds is 2. The molecule has 2 aliphatic heterocycles. The summed E-state index contributed by atoms with van der Waals surface area (Å²) in [6.07, 6.45) is 7.51. The quantitative estimate of drug-likeness (QED) is 0.812. The molecular weight excluding hydrogens is 238 g/mol. The lowest BCUT2D eigenvalue weighted by molar-refractivity contribution is 0.415. The summed E-state index contributed by atoms with van der Waals surface area (Å²) in [6, 6.07) is 6.09. The maximum atomic E-state index is 5.82.